The van der Waals surface area contributed by atoms with Crippen LogP contribution >= 0.6 is 0 Å². The van der Waals surface area contributed by atoms with Crippen LogP contribution in [-0.4, -0.2) is 25.6 Å². The number of cyclic esters (lactones) is 1. The normalized spacial score (nSPS) is 15.2. The Morgan fingerprint density at radius 2 is 1.92 bits per heavy atom. The van der Waals surface area contributed by atoms with Crippen LogP contribution in [0, 0.1) is 0 Å². The molecule has 0 saturated heterocycles. The average Bonchev–Trinajstić information content (AvgIpc) is 2.97. The first-order chi connectivity index (χ1) is 11.7. The van der Waals surface area contributed by atoms with E-state index >= 15 is 0 Å². The maximum absolute atomic E-state index is 12.0. The van der Waals surface area contributed by atoms with Gasteiger partial charge in [0.1, 0.15) is 0 Å². The first-order valence-electron chi connectivity index (χ1n) is 7.60. The molecule has 0 bridgehead atoms. The quantitative estimate of drug-likeness (QED) is 0.625. The van der Waals surface area contributed by atoms with Crippen LogP contribution < -0.4 is 9.47 Å². The molecule has 5 nitrogen and oxygen atoms in total. The van der Waals surface area contributed by atoms with Gasteiger partial charge in [0, 0.05) is 5.56 Å². The third-order valence-electron chi connectivity index (χ3n) is 3.43. The minimum atomic E-state index is -0.470. The number of nitrogens with zero attached hydrogens (tertiary/aromatic N) is 1. The molecule has 1 aliphatic heterocycles. The van der Waals surface area contributed by atoms with E-state index in [-0.39, 0.29) is 5.70 Å². The highest BCUT2D eigenvalue weighted by molar-refractivity contribution is 6.12. The van der Waals surface area contributed by atoms with Crippen LogP contribution in [0.1, 0.15) is 18.1 Å². The van der Waals surface area contributed by atoms with Gasteiger partial charge in [-0.05, 0) is 42.8 Å². The average molecular weight is 323 g/mol. The highest BCUT2D eigenvalue weighted by atomic mass is 16.6. The van der Waals surface area contributed by atoms with Crippen LogP contribution in [0.4, 0.5) is 0 Å². The lowest BCUT2D eigenvalue weighted by molar-refractivity contribution is -0.129. The van der Waals surface area contributed by atoms with Crippen molar-refractivity contribution in [1.29, 1.82) is 0 Å². The van der Waals surface area contributed by atoms with Crippen molar-refractivity contribution in [2.24, 2.45) is 4.99 Å². The van der Waals surface area contributed by atoms with Gasteiger partial charge in [-0.3, -0.25) is 0 Å². The number of rotatable bonds is 5. The smallest absolute Gasteiger partial charge is 0.363 e. The molecule has 0 fully saturated rings. The summed E-state index contributed by atoms with van der Waals surface area (Å²) in [6.45, 7) is 2.42. The molecule has 0 aromatic heterocycles. The zero-order chi connectivity index (χ0) is 16.9. The molecule has 0 amide bonds. The summed E-state index contributed by atoms with van der Waals surface area (Å²) < 4.78 is 16.0. The van der Waals surface area contributed by atoms with Crippen molar-refractivity contribution in [1.82, 2.24) is 0 Å². The van der Waals surface area contributed by atoms with E-state index in [1.165, 1.54) is 0 Å². The minimum absolute atomic E-state index is 0.251. The molecular formula is C19H17NO4. The van der Waals surface area contributed by atoms with Gasteiger partial charge in [0.25, 0.3) is 0 Å². The Balaban J connectivity index is 1.92. The summed E-state index contributed by atoms with van der Waals surface area (Å²) in [4.78, 5) is 16.3. The summed E-state index contributed by atoms with van der Waals surface area (Å²) in [6, 6.07) is 14.7. The Labute approximate surface area is 140 Å². The molecule has 5 heteroatoms. The molecule has 122 valence electrons. The summed E-state index contributed by atoms with van der Waals surface area (Å²) in [5.41, 5.74) is 1.80. The lowest BCUT2D eigenvalue weighted by Gasteiger charge is -2.09. The number of benzene rings is 2. The molecule has 0 spiro atoms. The minimum Gasteiger partial charge on any atom is -0.493 e. The van der Waals surface area contributed by atoms with Gasteiger partial charge in [-0.2, -0.15) is 0 Å². The molecule has 1 heterocycles. The van der Waals surface area contributed by atoms with E-state index in [9.17, 15) is 4.79 Å². The zero-order valence-electron chi connectivity index (χ0n) is 13.5. The second-order valence-electron chi connectivity index (χ2n) is 5.05. The van der Waals surface area contributed by atoms with Gasteiger partial charge in [0.05, 0.1) is 13.7 Å². The molecule has 0 aliphatic carbocycles. The Hall–Kier alpha value is -3.08. The van der Waals surface area contributed by atoms with Crippen LogP contribution in [0.3, 0.4) is 0 Å². The number of hydrogen-bond acceptors (Lipinski definition) is 5. The van der Waals surface area contributed by atoms with Gasteiger partial charge in [-0.25, -0.2) is 9.79 Å². The molecule has 2 aromatic rings. The number of carbonyl (C=O) groups excluding carboxylic acids is 1. The summed E-state index contributed by atoms with van der Waals surface area (Å²) in [5, 5.41) is 0. The standard InChI is InChI=1S/C19H17NO4/c1-3-23-17-12-13(9-10-16(17)22-2)11-15-19(21)24-18(20-15)14-7-5-4-6-8-14/h4-12H,3H2,1-2H3/b15-11-. The molecule has 1 aliphatic rings. The predicted molar refractivity (Wildman–Crippen MR) is 91.2 cm³/mol. The van der Waals surface area contributed by atoms with Crippen LogP contribution in [0.5, 0.6) is 11.5 Å². The Bertz CT molecular complexity index is 809. The van der Waals surface area contributed by atoms with Gasteiger partial charge in [-0.1, -0.05) is 24.3 Å². The lowest BCUT2D eigenvalue weighted by atomic mass is 10.1. The lowest BCUT2D eigenvalue weighted by Crippen LogP contribution is -2.04. The third-order valence-corrected chi connectivity index (χ3v) is 3.43. The van der Waals surface area contributed by atoms with Gasteiger partial charge in [-0.15, -0.1) is 0 Å². The molecule has 0 N–H and O–H groups in total. The van der Waals surface area contributed by atoms with Crippen molar-refractivity contribution in [2.45, 2.75) is 6.92 Å². The monoisotopic (exact) mass is 323 g/mol. The van der Waals surface area contributed by atoms with Gasteiger partial charge in [0.2, 0.25) is 5.90 Å². The van der Waals surface area contributed by atoms with Crippen molar-refractivity contribution in [3.63, 3.8) is 0 Å². The zero-order valence-corrected chi connectivity index (χ0v) is 13.5. The first-order valence-corrected chi connectivity index (χ1v) is 7.60. The Morgan fingerprint density at radius 1 is 1.12 bits per heavy atom. The number of carbonyl (C=O) groups is 1. The van der Waals surface area contributed by atoms with Crippen molar-refractivity contribution in [3.8, 4) is 11.5 Å². The van der Waals surface area contributed by atoms with E-state index in [2.05, 4.69) is 4.99 Å². The molecule has 0 radical (unpaired) electrons. The summed E-state index contributed by atoms with van der Waals surface area (Å²) in [6.07, 6.45) is 1.67. The maximum atomic E-state index is 12.0. The molecule has 0 atom stereocenters. The number of hydrogen-bond donors (Lipinski definition) is 0. The van der Waals surface area contributed by atoms with Crippen LogP contribution in [0.25, 0.3) is 6.08 Å². The fraction of sp³-hybridized carbons (Fsp3) is 0.158. The number of esters is 1. The van der Waals surface area contributed by atoms with E-state index < -0.39 is 5.97 Å². The molecule has 24 heavy (non-hydrogen) atoms. The van der Waals surface area contributed by atoms with Crippen molar-refractivity contribution < 1.29 is 19.0 Å². The molecular weight excluding hydrogens is 306 g/mol. The first kappa shape index (κ1) is 15.8. The fourth-order valence-corrected chi connectivity index (χ4v) is 2.32. The SMILES string of the molecule is CCOc1cc(/C=C2\N=C(c3ccccc3)OC2=O)ccc1OC. The highest BCUT2D eigenvalue weighted by Crippen LogP contribution is 2.29. The topological polar surface area (TPSA) is 57.1 Å². The third kappa shape index (κ3) is 3.30. The van der Waals surface area contributed by atoms with E-state index in [0.29, 0.717) is 24.0 Å². The van der Waals surface area contributed by atoms with E-state index in [0.717, 1.165) is 11.1 Å². The Kier molecular flexibility index (Phi) is 4.61. The molecule has 2 aromatic carbocycles. The largest absolute Gasteiger partial charge is 0.493 e. The Morgan fingerprint density at radius 3 is 2.62 bits per heavy atom. The van der Waals surface area contributed by atoms with Crippen molar-refractivity contribution in [3.05, 3.63) is 65.4 Å². The van der Waals surface area contributed by atoms with Crippen LogP contribution in [0.15, 0.2) is 59.2 Å². The van der Waals surface area contributed by atoms with Gasteiger partial charge < -0.3 is 14.2 Å². The number of ether oxygens (including phenoxy) is 3. The maximum Gasteiger partial charge on any atom is 0.363 e. The molecule has 3 rings (SSSR count). The fourth-order valence-electron chi connectivity index (χ4n) is 2.32. The molecule has 0 saturated carbocycles. The van der Waals surface area contributed by atoms with Crippen LogP contribution in [0.2, 0.25) is 0 Å². The van der Waals surface area contributed by atoms with E-state index in [1.807, 2.05) is 43.3 Å². The van der Waals surface area contributed by atoms with Crippen molar-refractivity contribution >= 4 is 17.9 Å². The second kappa shape index (κ2) is 7.00. The van der Waals surface area contributed by atoms with E-state index in [1.54, 1.807) is 25.3 Å². The van der Waals surface area contributed by atoms with E-state index in [4.69, 9.17) is 14.2 Å². The highest BCUT2D eigenvalue weighted by Gasteiger charge is 2.24. The second-order valence-corrected chi connectivity index (χ2v) is 5.05. The summed E-state index contributed by atoms with van der Waals surface area (Å²) in [7, 11) is 1.58. The number of aliphatic imine (C=N–C) groups is 1. The summed E-state index contributed by atoms with van der Waals surface area (Å²) >= 11 is 0. The van der Waals surface area contributed by atoms with Gasteiger partial charge in [0.15, 0.2) is 17.2 Å². The molecule has 0 unspecified atom stereocenters. The van der Waals surface area contributed by atoms with Crippen molar-refractivity contribution in [2.75, 3.05) is 13.7 Å². The summed E-state index contributed by atoms with van der Waals surface area (Å²) in [5.74, 6) is 1.10. The number of methoxy groups -OCH3 is 1. The van der Waals surface area contributed by atoms with Crippen LogP contribution in [-0.2, 0) is 9.53 Å². The predicted octanol–water partition coefficient (Wildman–Crippen LogP) is 3.44. The van der Waals surface area contributed by atoms with Gasteiger partial charge >= 0.3 is 5.97 Å².